The molecule has 0 atom stereocenters. The number of nitrogens with zero attached hydrogens (tertiary/aromatic N) is 2. The molecule has 0 saturated carbocycles. The Balaban J connectivity index is 1.73. The molecule has 94 valence electrons. The lowest BCUT2D eigenvalue weighted by atomic mass is 10.1. The fourth-order valence-electron chi connectivity index (χ4n) is 2.28. The molecule has 0 fully saturated rings. The highest BCUT2D eigenvalue weighted by molar-refractivity contribution is 5.65. The summed E-state index contributed by atoms with van der Waals surface area (Å²) in [5.74, 6) is 1.59. The first kappa shape index (κ1) is 10.4. The number of anilines is 1. The van der Waals surface area contributed by atoms with Crippen LogP contribution in [0.4, 0.5) is 5.69 Å². The van der Waals surface area contributed by atoms with Gasteiger partial charge in [-0.15, -0.1) is 0 Å². The monoisotopic (exact) mass is 253 g/mol. The van der Waals surface area contributed by atoms with Crippen molar-refractivity contribution in [3.8, 4) is 23.0 Å². The third-order valence-corrected chi connectivity index (χ3v) is 3.23. The molecule has 3 heterocycles. The Labute approximate surface area is 109 Å². The molecule has 1 N–H and O–H groups in total. The highest BCUT2D eigenvalue weighted by atomic mass is 16.5. The van der Waals surface area contributed by atoms with E-state index in [1.54, 1.807) is 18.4 Å². The average molecular weight is 253 g/mol. The van der Waals surface area contributed by atoms with Gasteiger partial charge in [-0.2, -0.15) is 4.98 Å². The quantitative estimate of drug-likeness (QED) is 0.760. The number of benzene rings is 1. The molecular weight excluding hydrogens is 242 g/mol. The maximum atomic E-state index is 5.29. The number of nitrogens with one attached hydrogen (secondary N) is 1. The van der Waals surface area contributed by atoms with E-state index in [4.69, 9.17) is 8.94 Å². The number of furan rings is 1. The summed E-state index contributed by atoms with van der Waals surface area (Å²) in [5, 5.41) is 7.26. The van der Waals surface area contributed by atoms with Gasteiger partial charge in [0, 0.05) is 17.8 Å². The Kier molecular flexibility index (Phi) is 2.17. The summed E-state index contributed by atoms with van der Waals surface area (Å²) in [6.45, 7) is 0.986. The smallest absolute Gasteiger partial charge is 0.258 e. The van der Waals surface area contributed by atoms with Gasteiger partial charge < -0.3 is 14.3 Å². The number of fused-ring (bicyclic) bond motifs is 1. The van der Waals surface area contributed by atoms with Gasteiger partial charge in [0.2, 0.25) is 5.82 Å². The van der Waals surface area contributed by atoms with Crippen LogP contribution in [0, 0.1) is 0 Å². The zero-order chi connectivity index (χ0) is 12.7. The molecule has 2 aromatic heterocycles. The van der Waals surface area contributed by atoms with E-state index in [2.05, 4.69) is 27.6 Å². The molecule has 5 nitrogen and oxygen atoms in total. The largest absolute Gasteiger partial charge is 0.461 e. The first-order valence-electron chi connectivity index (χ1n) is 6.15. The van der Waals surface area contributed by atoms with Gasteiger partial charge in [0.1, 0.15) is 0 Å². The molecule has 0 saturated heterocycles. The second-order valence-electron chi connectivity index (χ2n) is 4.45. The maximum Gasteiger partial charge on any atom is 0.258 e. The predicted octanol–water partition coefficient (Wildman–Crippen LogP) is 2.96. The molecule has 5 heteroatoms. The minimum atomic E-state index is 0.471. The standard InChI is InChI=1S/C14H11N3O2/c1-2-12(18-7-1)13-16-14(19-17-13)10-3-4-11-9(8-10)5-6-15-11/h1-4,7-8,15H,5-6H2. The van der Waals surface area contributed by atoms with E-state index in [9.17, 15) is 0 Å². The summed E-state index contributed by atoms with van der Waals surface area (Å²) in [6.07, 6.45) is 2.62. The van der Waals surface area contributed by atoms with Crippen molar-refractivity contribution in [2.75, 3.05) is 11.9 Å². The van der Waals surface area contributed by atoms with E-state index in [1.807, 2.05) is 6.07 Å². The Morgan fingerprint density at radius 1 is 1.21 bits per heavy atom. The molecular formula is C14H11N3O2. The molecule has 1 aliphatic heterocycles. The van der Waals surface area contributed by atoms with Gasteiger partial charge >= 0.3 is 0 Å². The Morgan fingerprint density at radius 2 is 2.21 bits per heavy atom. The molecule has 1 aliphatic rings. The average Bonchev–Trinajstić information content (AvgIpc) is 3.18. The molecule has 4 rings (SSSR count). The Bertz CT molecular complexity index is 716. The number of hydrogen-bond acceptors (Lipinski definition) is 5. The lowest BCUT2D eigenvalue weighted by Gasteiger charge is -2.00. The van der Waals surface area contributed by atoms with Gasteiger partial charge in [0.15, 0.2) is 5.76 Å². The van der Waals surface area contributed by atoms with Crippen LogP contribution in [0.3, 0.4) is 0 Å². The van der Waals surface area contributed by atoms with Crippen molar-refractivity contribution in [3.05, 3.63) is 42.2 Å². The van der Waals surface area contributed by atoms with Crippen molar-refractivity contribution in [2.24, 2.45) is 0 Å². The molecule has 0 amide bonds. The molecule has 0 spiro atoms. The zero-order valence-electron chi connectivity index (χ0n) is 10.1. The van der Waals surface area contributed by atoms with Gasteiger partial charge in [-0.1, -0.05) is 5.16 Å². The second kappa shape index (κ2) is 3.98. The van der Waals surface area contributed by atoms with E-state index < -0.39 is 0 Å². The van der Waals surface area contributed by atoms with Crippen molar-refractivity contribution in [3.63, 3.8) is 0 Å². The van der Waals surface area contributed by atoms with Crippen LogP contribution in [0.5, 0.6) is 0 Å². The Morgan fingerprint density at radius 3 is 3.11 bits per heavy atom. The van der Waals surface area contributed by atoms with Gasteiger partial charge in [-0.3, -0.25) is 0 Å². The highest BCUT2D eigenvalue weighted by Crippen LogP contribution is 2.28. The Hall–Kier alpha value is -2.56. The summed E-state index contributed by atoms with van der Waals surface area (Å²) < 4.78 is 10.5. The van der Waals surface area contributed by atoms with Crippen LogP contribution in [-0.4, -0.2) is 16.7 Å². The van der Waals surface area contributed by atoms with E-state index in [-0.39, 0.29) is 0 Å². The van der Waals surface area contributed by atoms with Crippen LogP contribution in [0.25, 0.3) is 23.0 Å². The SMILES string of the molecule is c1coc(-c2noc(-c3ccc4c(c3)CCN4)n2)c1. The predicted molar refractivity (Wildman–Crippen MR) is 69.6 cm³/mol. The van der Waals surface area contributed by atoms with Crippen molar-refractivity contribution in [2.45, 2.75) is 6.42 Å². The first-order chi connectivity index (χ1) is 9.40. The normalized spacial score (nSPS) is 13.3. The lowest BCUT2D eigenvalue weighted by Crippen LogP contribution is -1.90. The summed E-state index contributed by atoms with van der Waals surface area (Å²) in [4.78, 5) is 4.36. The number of rotatable bonds is 2. The van der Waals surface area contributed by atoms with Crippen molar-refractivity contribution in [1.29, 1.82) is 0 Å². The fraction of sp³-hybridized carbons (Fsp3) is 0.143. The molecule has 1 aromatic carbocycles. The van der Waals surface area contributed by atoms with Gasteiger partial charge in [-0.05, 0) is 42.3 Å². The van der Waals surface area contributed by atoms with Crippen molar-refractivity contribution in [1.82, 2.24) is 10.1 Å². The number of hydrogen-bond donors (Lipinski definition) is 1. The minimum absolute atomic E-state index is 0.471. The molecule has 0 unspecified atom stereocenters. The fourth-order valence-corrected chi connectivity index (χ4v) is 2.28. The van der Waals surface area contributed by atoms with E-state index in [1.165, 1.54) is 11.3 Å². The van der Waals surface area contributed by atoms with Crippen molar-refractivity contribution >= 4 is 5.69 Å². The molecule has 0 bridgehead atoms. The van der Waals surface area contributed by atoms with E-state index in [0.717, 1.165) is 18.5 Å². The first-order valence-corrected chi connectivity index (χ1v) is 6.15. The van der Waals surface area contributed by atoms with Crippen LogP contribution in [0.2, 0.25) is 0 Å². The highest BCUT2D eigenvalue weighted by Gasteiger charge is 2.15. The molecule has 19 heavy (non-hydrogen) atoms. The topological polar surface area (TPSA) is 64.1 Å². The van der Waals surface area contributed by atoms with Crippen LogP contribution in [-0.2, 0) is 6.42 Å². The summed E-state index contributed by atoms with van der Waals surface area (Å²) in [5.41, 5.74) is 3.41. The van der Waals surface area contributed by atoms with Gasteiger partial charge in [-0.25, -0.2) is 0 Å². The molecule has 0 aliphatic carbocycles. The van der Waals surface area contributed by atoms with Crippen LogP contribution < -0.4 is 5.32 Å². The number of aromatic nitrogens is 2. The minimum Gasteiger partial charge on any atom is -0.461 e. The van der Waals surface area contributed by atoms with Crippen LogP contribution >= 0.6 is 0 Å². The zero-order valence-corrected chi connectivity index (χ0v) is 10.1. The summed E-state index contributed by atoms with van der Waals surface area (Å²) >= 11 is 0. The second-order valence-corrected chi connectivity index (χ2v) is 4.45. The van der Waals surface area contributed by atoms with Crippen molar-refractivity contribution < 1.29 is 8.94 Å². The van der Waals surface area contributed by atoms with E-state index in [0.29, 0.717) is 17.5 Å². The van der Waals surface area contributed by atoms with Crippen LogP contribution in [0.15, 0.2) is 45.5 Å². The summed E-state index contributed by atoms with van der Waals surface area (Å²) in [7, 11) is 0. The van der Waals surface area contributed by atoms with Gasteiger partial charge in [0.05, 0.1) is 6.26 Å². The maximum absolute atomic E-state index is 5.29. The molecule has 3 aromatic rings. The molecule has 0 radical (unpaired) electrons. The van der Waals surface area contributed by atoms with E-state index >= 15 is 0 Å². The van der Waals surface area contributed by atoms with Crippen LogP contribution in [0.1, 0.15) is 5.56 Å². The van der Waals surface area contributed by atoms with Gasteiger partial charge in [0.25, 0.3) is 5.89 Å². The summed E-state index contributed by atoms with van der Waals surface area (Å²) in [6, 6.07) is 9.73. The lowest BCUT2D eigenvalue weighted by molar-refractivity contribution is 0.429. The third-order valence-electron chi connectivity index (χ3n) is 3.23. The third kappa shape index (κ3) is 1.71.